The van der Waals surface area contributed by atoms with Gasteiger partial charge >= 0.3 is 6.09 Å². The van der Waals surface area contributed by atoms with Crippen LogP contribution in [0.3, 0.4) is 0 Å². The highest BCUT2D eigenvalue weighted by atomic mass is 16.6. The summed E-state index contributed by atoms with van der Waals surface area (Å²) in [5.41, 5.74) is 0.865. The third kappa shape index (κ3) is 8.45. The maximum absolute atomic E-state index is 13.7. The minimum atomic E-state index is -0.600. The van der Waals surface area contributed by atoms with Gasteiger partial charge in [-0.25, -0.2) is 4.79 Å². The van der Waals surface area contributed by atoms with Crippen molar-refractivity contribution in [2.45, 2.75) is 129 Å². The smallest absolute Gasteiger partial charge is 0.410 e. The zero-order chi connectivity index (χ0) is 27.9. The summed E-state index contributed by atoms with van der Waals surface area (Å²) in [6.07, 6.45) is 14.8. The molecule has 4 rings (SSSR count). The van der Waals surface area contributed by atoms with Crippen molar-refractivity contribution in [1.82, 2.24) is 10.2 Å². The van der Waals surface area contributed by atoms with Gasteiger partial charge in [0.25, 0.3) is 0 Å². The van der Waals surface area contributed by atoms with Gasteiger partial charge in [0.2, 0.25) is 5.91 Å². The largest absolute Gasteiger partial charge is 0.444 e. The van der Waals surface area contributed by atoms with E-state index >= 15 is 0 Å². The molecule has 0 aromatic heterocycles. The maximum Gasteiger partial charge on any atom is 0.410 e. The van der Waals surface area contributed by atoms with Crippen molar-refractivity contribution >= 4 is 12.0 Å². The van der Waals surface area contributed by atoms with Crippen molar-refractivity contribution in [3.05, 3.63) is 35.9 Å². The average Bonchev–Trinajstić information content (AvgIpc) is 2.90. The lowest BCUT2D eigenvalue weighted by Crippen LogP contribution is -2.54. The lowest BCUT2D eigenvalue weighted by molar-refractivity contribution is -0.128. The van der Waals surface area contributed by atoms with E-state index in [0.717, 1.165) is 38.1 Å². The number of rotatable bonds is 10. The van der Waals surface area contributed by atoms with E-state index < -0.39 is 17.7 Å². The summed E-state index contributed by atoms with van der Waals surface area (Å²) in [7, 11) is 1.73. The zero-order valence-electron chi connectivity index (χ0n) is 24.9. The molecule has 3 aliphatic carbocycles. The maximum atomic E-state index is 13.7. The first-order valence-corrected chi connectivity index (χ1v) is 15.5. The molecule has 0 radical (unpaired) electrons. The Morgan fingerprint density at radius 3 is 2.23 bits per heavy atom. The zero-order valence-corrected chi connectivity index (χ0v) is 24.9. The lowest BCUT2D eigenvalue weighted by Gasteiger charge is -2.50. The lowest BCUT2D eigenvalue weighted by atomic mass is 9.57. The molecule has 0 spiro atoms. The molecular formula is C33H52N2O4. The predicted octanol–water partition coefficient (Wildman–Crippen LogP) is 7.25. The Hall–Kier alpha value is -2.08. The summed E-state index contributed by atoms with van der Waals surface area (Å²) in [6, 6.07) is 9.80. The molecule has 0 bridgehead atoms. The van der Waals surface area contributed by atoms with E-state index in [2.05, 4.69) is 17.4 Å². The first-order valence-electron chi connectivity index (χ1n) is 15.5. The van der Waals surface area contributed by atoms with E-state index in [1.165, 1.54) is 56.9 Å². The molecule has 1 aromatic rings. The average molecular weight is 541 g/mol. The standard InChI is InChI=1S/C33H52N2O4/c1-32(2,3)39-31(37)35(4)29(30(36)34-24-33(20-11-21-33)27-14-9-6-10-15-27)22-25-16-18-28(19-17-25)38-23-26-12-7-5-8-13-26/h5,7-8,12-13,25,27-29H,6,9-11,14-24H2,1-4H3,(H,34,36). The fourth-order valence-electron chi connectivity index (χ4n) is 7.00. The van der Waals surface area contributed by atoms with Gasteiger partial charge in [-0.3, -0.25) is 9.69 Å². The molecule has 0 heterocycles. The highest BCUT2D eigenvalue weighted by Gasteiger charge is 2.45. The summed E-state index contributed by atoms with van der Waals surface area (Å²) in [5, 5.41) is 3.35. The molecule has 1 atom stereocenters. The molecule has 0 aliphatic heterocycles. The second-order valence-corrected chi connectivity index (χ2v) is 13.6. The van der Waals surface area contributed by atoms with E-state index in [0.29, 0.717) is 18.9 Å². The number of ether oxygens (including phenoxy) is 2. The molecule has 2 amide bonds. The van der Waals surface area contributed by atoms with Gasteiger partial charge < -0.3 is 14.8 Å². The molecule has 218 valence electrons. The highest BCUT2D eigenvalue weighted by Crippen LogP contribution is 2.51. The second kappa shape index (κ2) is 13.5. The number of carbonyl (C=O) groups is 2. The third-order valence-corrected chi connectivity index (χ3v) is 9.57. The summed E-state index contributed by atoms with van der Waals surface area (Å²) < 4.78 is 11.9. The Kier molecular flexibility index (Phi) is 10.4. The molecule has 39 heavy (non-hydrogen) atoms. The Morgan fingerprint density at radius 1 is 0.974 bits per heavy atom. The van der Waals surface area contributed by atoms with Gasteiger partial charge in [0.05, 0.1) is 12.7 Å². The minimum Gasteiger partial charge on any atom is -0.444 e. The summed E-state index contributed by atoms with van der Waals surface area (Å²) in [6.45, 7) is 7.00. The van der Waals surface area contributed by atoms with Crippen LogP contribution in [0.15, 0.2) is 30.3 Å². The Bertz CT molecular complexity index is 909. The van der Waals surface area contributed by atoms with Crippen LogP contribution >= 0.6 is 0 Å². The number of likely N-dealkylation sites (N-methyl/N-ethyl adjacent to an activating group) is 1. The van der Waals surface area contributed by atoms with Crippen molar-refractivity contribution in [2.24, 2.45) is 17.3 Å². The number of hydrogen-bond donors (Lipinski definition) is 1. The number of nitrogens with one attached hydrogen (secondary N) is 1. The Morgan fingerprint density at radius 2 is 1.64 bits per heavy atom. The molecule has 1 unspecified atom stereocenters. The molecule has 1 N–H and O–H groups in total. The third-order valence-electron chi connectivity index (χ3n) is 9.57. The normalized spacial score (nSPS) is 24.3. The molecule has 6 nitrogen and oxygen atoms in total. The minimum absolute atomic E-state index is 0.0205. The van der Waals surface area contributed by atoms with Crippen LogP contribution in [0.1, 0.15) is 110 Å². The molecule has 3 saturated carbocycles. The van der Waals surface area contributed by atoms with Crippen molar-refractivity contribution in [3.63, 3.8) is 0 Å². The van der Waals surface area contributed by atoms with Crippen LogP contribution in [0.2, 0.25) is 0 Å². The monoisotopic (exact) mass is 540 g/mol. The second-order valence-electron chi connectivity index (χ2n) is 13.6. The molecule has 3 aliphatic rings. The van der Waals surface area contributed by atoms with Crippen LogP contribution in [0.25, 0.3) is 0 Å². The fraction of sp³-hybridized carbons (Fsp3) is 0.758. The van der Waals surface area contributed by atoms with Crippen LogP contribution in [0, 0.1) is 17.3 Å². The van der Waals surface area contributed by atoms with E-state index in [9.17, 15) is 9.59 Å². The van der Waals surface area contributed by atoms with Crippen molar-refractivity contribution in [3.8, 4) is 0 Å². The highest BCUT2D eigenvalue weighted by molar-refractivity contribution is 5.85. The first kappa shape index (κ1) is 29.9. The molecule has 3 fully saturated rings. The quantitative estimate of drug-likeness (QED) is 0.339. The number of benzene rings is 1. The summed E-state index contributed by atoms with van der Waals surface area (Å²) in [4.78, 5) is 28.3. The summed E-state index contributed by atoms with van der Waals surface area (Å²) in [5.74, 6) is 1.10. The first-order chi connectivity index (χ1) is 18.7. The van der Waals surface area contributed by atoms with Crippen molar-refractivity contribution in [1.29, 1.82) is 0 Å². The Balaban J connectivity index is 1.34. The molecule has 1 aromatic carbocycles. The van der Waals surface area contributed by atoms with Gasteiger partial charge in [-0.15, -0.1) is 0 Å². The molecule has 0 saturated heterocycles. The summed E-state index contributed by atoms with van der Waals surface area (Å²) >= 11 is 0. The van der Waals surface area contributed by atoms with Gasteiger partial charge in [-0.05, 0) is 101 Å². The van der Waals surface area contributed by atoms with Crippen LogP contribution in [0.5, 0.6) is 0 Å². The molecular weight excluding hydrogens is 488 g/mol. The van der Waals surface area contributed by atoms with E-state index in [4.69, 9.17) is 9.47 Å². The van der Waals surface area contributed by atoms with E-state index in [1.807, 2.05) is 39.0 Å². The van der Waals surface area contributed by atoms with Gasteiger partial charge in [-0.1, -0.05) is 56.0 Å². The fourth-order valence-corrected chi connectivity index (χ4v) is 7.00. The topological polar surface area (TPSA) is 67.9 Å². The predicted molar refractivity (Wildman–Crippen MR) is 155 cm³/mol. The van der Waals surface area contributed by atoms with Crippen molar-refractivity contribution < 1.29 is 19.1 Å². The number of nitrogens with zero attached hydrogens (tertiary/aromatic N) is 1. The van der Waals surface area contributed by atoms with Gasteiger partial charge in [0.15, 0.2) is 0 Å². The van der Waals surface area contributed by atoms with Gasteiger partial charge in [-0.2, -0.15) is 0 Å². The van der Waals surface area contributed by atoms with Crippen LogP contribution in [-0.4, -0.2) is 48.2 Å². The van der Waals surface area contributed by atoms with Crippen LogP contribution in [-0.2, 0) is 20.9 Å². The van der Waals surface area contributed by atoms with Gasteiger partial charge in [0, 0.05) is 13.6 Å². The molecule has 6 heteroatoms. The number of carbonyl (C=O) groups excluding carboxylic acids is 2. The van der Waals surface area contributed by atoms with Crippen LogP contribution < -0.4 is 5.32 Å². The number of amides is 2. The van der Waals surface area contributed by atoms with Crippen LogP contribution in [0.4, 0.5) is 4.79 Å². The Labute approximate surface area is 236 Å². The van der Waals surface area contributed by atoms with Gasteiger partial charge in [0.1, 0.15) is 11.6 Å². The van der Waals surface area contributed by atoms with Crippen molar-refractivity contribution in [2.75, 3.05) is 13.6 Å². The number of hydrogen-bond acceptors (Lipinski definition) is 4. The van der Waals surface area contributed by atoms with E-state index in [-0.39, 0.29) is 17.4 Å². The van der Waals surface area contributed by atoms with E-state index in [1.54, 1.807) is 11.9 Å². The SMILES string of the molecule is CN(C(=O)OC(C)(C)C)C(CC1CCC(OCc2ccccc2)CC1)C(=O)NCC1(C2CCCCC2)CCC1.